The third-order valence-corrected chi connectivity index (χ3v) is 3.85. The maximum absolute atomic E-state index is 12.1. The Morgan fingerprint density at radius 2 is 2.04 bits per heavy atom. The van der Waals surface area contributed by atoms with E-state index in [0.717, 1.165) is 23.5 Å². The molecule has 0 aliphatic rings. The fourth-order valence-electron chi connectivity index (χ4n) is 2.67. The van der Waals surface area contributed by atoms with Crippen LogP contribution in [0.4, 0.5) is 5.82 Å². The Balaban J connectivity index is 1.98. The van der Waals surface area contributed by atoms with E-state index in [1.165, 1.54) is 5.56 Å². The zero-order valence-corrected chi connectivity index (χ0v) is 14.7. The molecule has 0 radical (unpaired) electrons. The number of hydrogen-bond acceptors (Lipinski definition) is 3. The molecule has 0 bridgehead atoms. The lowest BCUT2D eigenvalue weighted by Gasteiger charge is -2.08. The van der Waals surface area contributed by atoms with Crippen LogP contribution in [0, 0.1) is 26.7 Å². The molecule has 1 amide bonds. The second-order valence-electron chi connectivity index (χ2n) is 6.49. The molecule has 2 aromatic heterocycles. The number of aromatic nitrogens is 3. The van der Waals surface area contributed by atoms with Crippen molar-refractivity contribution >= 4 is 11.7 Å². The number of pyridine rings is 1. The van der Waals surface area contributed by atoms with Gasteiger partial charge in [-0.2, -0.15) is 5.10 Å². The smallest absolute Gasteiger partial charge is 0.225 e. The van der Waals surface area contributed by atoms with Gasteiger partial charge in [0.2, 0.25) is 5.91 Å². The van der Waals surface area contributed by atoms with Crippen LogP contribution in [0.15, 0.2) is 18.3 Å². The highest BCUT2D eigenvalue weighted by atomic mass is 16.1. The Hall–Kier alpha value is -2.17. The predicted molar refractivity (Wildman–Crippen MR) is 92.5 cm³/mol. The maximum atomic E-state index is 12.1. The molecule has 0 spiro atoms. The molecule has 1 N–H and O–H groups in total. The third-order valence-electron chi connectivity index (χ3n) is 3.85. The third kappa shape index (κ3) is 4.65. The molecule has 124 valence electrons. The van der Waals surface area contributed by atoms with Gasteiger partial charge in [0.15, 0.2) is 0 Å². The molecule has 2 aromatic rings. The highest BCUT2D eigenvalue weighted by Gasteiger charge is 2.14. The van der Waals surface area contributed by atoms with Crippen LogP contribution in [-0.2, 0) is 17.8 Å². The molecule has 0 fully saturated rings. The van der Waals surface area contributed by atoms with Gasteiger partial charge in [0.05, 0.1) is 5.69 Å². The van der Waals surface area contributed by atoms with E-state index in [2.05, 4.69) is 40.9 Å². The van der Waals surface area contributed by atoms with Crippen molar-refractivity contribution in [3.8, 4) is 0 Å². The molecule has 0 aromatic carbocycles. The summed E-state index contributed by atoms with van der Waals surface area (Å²) in [6.07, 6.45) is 2.84. The summed E-state index contributed by atoms with van der Waals surface area (Å²) in [7, 11) is 0. The average Bonchev–Trinajstić information content (AvgIpc) is 2.70. The van der Waals surface area contributed by atoms with Crippen LogP contribution in [0.5, 0.6) is 0 Å². The van der Waals surface area contributed by atoms with Gasteiger partial charge >= 0.3 is 0 Å². The molecule has 5 nitrogen and oxygen atoms in total. The van der Waals surface area contributed by atoms with Crippen LogP contribution in [0.25, 0.3) is 0 Å². The van der Waals surface area contributed by atoms with E-state index in [1.54, 1.807) is 6.20 Å². The number of nitrogens with one attached hydrogen (secondary N) is 1. The molecule has 0 aliphatic heterocycles. The summed E-state index contributed by atoms with van der Waals surface area (Å²) in [4.78, 5) is 16.3. The molecule has 2 heterocycles. The van der Waals surface area contributed by atoms with Crippen molar-refractivity contribution in [3.63, 3.8) is 0 Å². The molecule has 0 unspecified atom stereocenters. The van der Waals surface area contributed by atoms with E-state index in [-0.39, 0.29) is 5.91 Å². The lowest BCUT2D eigenvalue weighted by Crippen LogP contribution is -2.14. The van der Waals surface area contributed by atoms with Gasteiger partial charge in [0, 0.05) is 24.9 Å². The first-order valence-corrected chi connectivity index (χ1v) is 8.12. The van der Waals surface area contributed by atoms with Crippen LogP contribution < -0.4 is 5.32 Å². The number of aryl methyl sites for hydroxylation is 2. The maximum Gasteiger partial charge on any atom is 0.225 e. The molecule has 0 atom stereocenters. The normalized spacial score (nSPS) is 11.0. The second-order valence-corrected chi connectivity index (χ2v) is 6.49. The summed E-state index contributed by atoms with van der Waals surface area (Å²) in [5.74, 6) is 1.15. The highest BCUT2D eigenvalue weighted by Crippen LogP contribution is 2.17. The number of rotatable bonds is 6. The Morgan fingerprint density at radius 1 is 1.30 bits per heavy atom. The molecular weight excluding hydrogens is 288 g/mol. The van der Waals surface area contributed by atoms with E-state index >= 15 is 0 Å². The summed E-state index contributed by atoms with van der Waals surface area (Å²) in [6.45, 7) is 11.3. The monoisotopic (exact) mass is 314 g/mol. The number of anilines is 1. The predicted octanol–water partition coefficient (Wildman–Crippen LogP) is 3.43. The van der Waals surface area contributed by atoms with Gasteiger partial charge in [-0.25, -0.2) is 4.98 Å². The molecule has 0 aliphatic carbocycles. The van der Waals surface area contributed by atoms with Crippen LogP contribution >= 0.6 is 0 Å². The molecule has 2 rings (SSSR count). The Labute approximate surface area is 138 Å². The molecule has 0 saturated heterocycles. The molecule has 0 saturated carbocycles. The minimum absolute atomic E-state index is 0.0153. The molecular formula is C18H26N4O. The van der Waals surface area contributed by atoms with Gasteiger partial charge in [-0.05, 0) is 56.4 Å². The van der Waals surface area contributed by atoms with E-state index in [1.807, 2.05) is 26.0 Å². The highest BCUT2D eigenvalue weighted by molar-refractivity contribution is 5.89. The van der Waals surface area contributed by atoms with E-state index in [0.29, 0.717) is 24.6 Å². The van der Waals surface area contributed by atoms with Crippen molar-refractivity contribution in [2.45, 2.75) is 54.0 Å². The SMILES string of the molecule is Cc1ccnc(NC(=O)CCc2c(C)nn(CC(C)C)c2C)c1. The zero-order valence-electron chi connectivity index (χ0n) is 14.7. The van der Waals surface area contributed by atoms with Gasteiger partial charge < -0.3 is 5.32 Å². The van der Waals surface area contributed by atoms with Crippen molar-refractivity contribution in [1.29, 1.82) is 0 Å². The van der Waals surface area contributed by atoms with Crippen molar-refractivity contribution < 1.29 is 4.79 Å². The minimum Gasteiger partial charge on any atom is -0.311 e. The van der Waals surface area contributed by atoms with Gasteiger partial charge in [0.1, 0.15) is 5.82 Å². The van der Waals surface area contributed by atoms with Crippen LogP contribution in [0.3, 0.4) is 0 Å². The Bertz CT molecular complexity index is 688. The summed E-state index contributed by atoms with van der Waals surface area (Å²) in [6, 6.07) is 3.78. The van der Waals surface area contributed by atoms with Crippen LogP contribution in [0.1, 0.15) is 42.8 Å². The summed E-state index contributed by atoms with van der Waals surface area (Å²) in [5, 5.41) is 7.45. The second kappa shape index (κ2) is 7.40. The number of nitrogens with zero attached hydrogens (tertiary/aromatic N) is 3. The first-order valence-electron chi connectivity index (χ1n) is 8.12. The van der Waals surface area contributed by atoms with Crippen molar-refractivity contribution in [2.75, 3.05) is 5.32 Å². The minimum atomic E-state index is -0.0153. The van der Waals surface area contributed by atoms with Crippen LogP contribution in [-0.4, -0.2) is 20.7 Å². The fourth-order valence-corrected chi connectivity index (χ4v) is 2.67. The summed E-state index contributed by atoms with van der Waals surface area (Å²) in [5.41, 5.74) is 4.44. The van der Waals surface area contributed by atoms with Crippen LogP contribution in [0.2, 0.25) is 0 Å². The number of hydrogen-bond donors (Lipinski definition) is 1. The van der Waals surface area contributed by atoms with E-state index < -0.39 is 0 Å². The first-order chi connectivity index (χ1) is 10.9. The lowest BCUT2D eigenvalue weighted by atomic mass is 10.1. The largest absolute Gasteiger partial charge is 0.311 e. The van der Waals surface area contributed by atoms with E-state index in [9.17, 15) is 4.79 Å². The summed E-state index contributed by atoms with van der Waals surface area (Å²) >= 11 is 0. The lowest BCUT2D eigenvalue weighted by molar-refractivity contribution is -0.116. The topological polar surface area (TPSA) is 59.8 Å². The zero-order chi connectivity index (χ0) is 17.0. The van der Waals surface area contributed by atoms with Crippen molar-refractivity contribution in [2.24, 2.45) is 5.92 Å². The van der Waals surface area contributed by atoms with Crippen molar-refractivity contribution in [3.05, 3.63) is 40.8 Å². The summed E-state index contributed by atoms with van der Waals surface area (Å²) < 4.78 is 2.05. The standard InChI is InChI=1S/C18H26N4O/c1-12(2)11-22-15(5)16(14(4)21-22)6-7-18(23)20-17-10-13(3)8-9-19-17/h8-10,12H,6-7,11H2,1-5H3,(H,19,20,23). The quantitative estimate of drug-likeness (QED) is 0.888. The number of carbonyl (C=O) groups is 1. The Morgan fingerprint density at radius 3 is 2.70 bits per heavy atom. The van der Waals surface area contributed by atoms with E-state index in [4.69, 9.17) is 0 Å². The average molecular weight is 314 g/mol. The fraction of sp³-hybridized carbons (Fsp3) is 0.500. The first kappa shape index (κ1) is 17.2. The molecule has 23 heavy (non-hydrogen) atoms. The van der Waals surface area contributed by atoms with Gasteiger partial charge in [0.25, 0.3) is 0 Å². The number of carbonyl (C=O) groups excluding carboxylic acids is 1. The molecule has 5 heteroatoms. The van der Waals surface area contributed by atoms with Gasteiger partial charge in [-0.1, -0.05) is 13.8 Å². The van der Waals surface area contributed by atoms with Gasteiger partial charge in [-0.15, -0.1) is 0 Å². The van der Waals surface area contributed by atoms with Crippen molar-refractivity contribution in [1.82, 2.24) is 14.8 Å². The Kier molecular flexibility index (Phi) is 5.53. The van der Waals surface area contributed by atoms with Gasteiger partial charge in [-0.3, -0.25) is 9.48 Å². The number of amides is 1.